The maximum Gasteiger partial charge on any atom is 0.573 e. The summed E-state index contributed by atoms with van der Waals surface area (Å²) in [5, 5.41) is 0. The van der Waals surface area contributed by atoms with Gasteiger partial charge >= 0.3 is 16.6 Å². The maximum absolute atomic E-state index is 13.3. The van der Waals surface area contributed by atoms with Crippen LogP contribution < -0.4 is 20.1 Å². The fourth-order valence-electron chi connectivity index (χ4n) is 4.99. The van der Waals surface area contributed by atoms with Crippen molar-refractivity contribution in [3.8, 4) is 17.0 Å². The lowest BCUT2D eigenvalue weighted by molar-refractivity contribution is -0.274. The van der Waals surface area contributed by atoms with Crippen LogP contribution in [0.15, 0.2) is 36.4 Å². The average Bonchev–Trinajstić information content (AvgIpc) is 3.34. The maximum atomic E-state index is 13.3. The largest absolute Gasteiger partial charge is 0.573 e. The molecule has 3 heterocycles. The molecule has 0 saturated carbocycles. The number of benzene rings is 1. The van der Waals surface area contributed by atoms with Gasteiger partial charge < -0.3 is 15.4 Å². The van der Waals surface area contributed by atoms with Crippen molar-refractivity contribution in [2.75, 3.05) is 24.5 Å². The number of amides is 1. The van der Waals surface area contributed by atoms with Gasteiger partial charge in [-0.2, -0.15) is 12.7 Å². The summed E-state index contributed by atoms with van der Waals surface area (Å²) in [4.78, 5) is 19.9. The molecule has 9 nitrogen and oxygen atoms in total. The van der Waals surface area contributed by atoms with Crippen LogP contribution in [0, 0.1) is 5.92 Å². The summed E-state index contributed by atoms with van der Waals surface area (Å²) >= 11 is 0. The second-order valence-corrected chi connectivity index (χ2v) is 11.9. The Kier molecular flexibility index (Phi) is 7.16. The van der Waals surface area contributed by atoms with E-state index in [-0.39, 0.29) is 36.0 Å². The highest BCUT2D eigenvalue weighted by atomic mass is 32.2. The van der Waals surface area contributed by atoms with Crippen molar-refractivity contribution in [2.24, 2.45) is 11.7 Å². The standard InChI is InChI=1S/C24H30F3N5O4S/c1-15-12-23(2,3)32(13-15)21-19(22(33)30-37(34,35)31-11-10-17(28)14-31)8-9-20(29-21)16-4-6-18(7-5-16)36-24(25,26)27/h4-9,15,17H,10-14,28H2,1-3H3,(H,30,33)/t15-,17-/m0/s1. The Morgan fingerprint density at radius 1 is 1.16 bits per heavy atom. The van der Waals surface area contributed by atoms with Gasteiger partial charge in [-0.05, 0) is 69.0 Å². The fraction of sp³-hybridized carbons (Fsp3) is 0.500. The summed E-state index contributed by atoms with van der Waals surface area (Å²) < 4.78 is 70.4. The summed E-state index contributed by atoms with van der Waals surface area (Å²) in [7, 11) is -4.10. The molecule has 3 N–H and O–H groups in total. The van der Waals surface area contributed by atoms with Crippen molar-refractivity contribution < 1.29 is 31.1 Å². The number of hydrogen-bond acceptors (Lipinski definition) is 7. The van der Waals surface area contributed by atoms with Gasteiger partial charge in [-0.1, -0.05) is 6.92 Å². The van der Waals surface area contributed by atoms with E-state index in [4.69, 9.17) is 10.7 Å². The molecular formula is C24H30F3N5O4S. The number of halogens is 3. The summed E-state index contributed by atoms with van der Waals surface area (Å²) in [5.41, 5.74) is 6.45. The molecule has 2 atom stereocenters. The van der Waals surface area contributed by atoms with E-state index in [1.807, 2.05) is 18.7 Å². The minimum atomic E-state index is -4.81. The molecule has 1 aromatic heterocycles. The van der Waals surface area contributed by atoms with E-state index in [9.17, 15) is 26.4 Å². The number of alkyl halides is 3. The lowest BCUT2D eigenvalue weighted by atomic mass is 9.97. The number of rotatable bonds is 6. The molecule has 0 bridgehead atoms. The van der Waals surface area contributed by atoms with Crippen LogP contribution in [0.4, 0.5) is 19.0 Å². The van der Waals surface area contributed by atoms with Crippen LogP contribution in [-0.2, 0) is 10.2 Å². The third-order valence-corrected chi connectivity index (χ3v) is 8.04. The number of hydrogen-bond donors (Lipinski definition) is 2. The smallest absolute Gasteiger partial charge is 0.406 e. The molecule has 0 spiro atoms. The first-order valence-electron chi connectivity index (χ1n) is 11.9. The number of aromatic nitrogens is 1. The molecule has 0 unspecified atom stereocenters. The highest BCUT2D eigenvalue weighted by Gasteiger charge is 2.40. The monoisotopic (exact) mass is 541 g/mol. The Bertz CT molecular complexity index is 1270. The van der Waals surface area contributed by atoms with E-state index in [0.29, 0.717) is 36.0 Å². The van der Waals surface area contributed by atoms with Crippen molar-refractivity contribution in [1.82, 2.24) is 14.0 Å². The summed E-state index contributed by atoms with van der Waals surface area (Å²) in [6, 6.07) is 7.96. The Labute approximate surface area is 214 Å². The van der Waals surface area contributed by atoms with Gasteiger partial charge in [0.1, 0.15) is 11.6 Å². The van der Waals surface area contributed by atoms with Gasteiger partial charge in [-0.3, -0.25) is 4.79 Å². The van der Waals surface area contributed by atoms with Gasteiger partial charge in [-0.15, -0.1) is 13.2 Å². The lowest BCUT2D eigenvalue weighted by Crippen LogP contribution is -2.44. The molecule has 2 aliphatic rings. The van der Waals surface area contributed by atoms with Crippen molar-refractivity contribution >= 4 is 21.9 Å². The first-order chi connectivity index (χ1) is 17.1. The second-order valence-electron chi connectivity index (χ2n) is 10.2. The number of nitrogens with zero attached hydrogens (tertiary/aromatic N) is 3. The summed E-state index contributed by atoms with van der Waals surface area (Å²) in [6.07, 6.45) is -3.48. The number of nitrogens with one attached hydrogen (secondary N) is 1. The van der Waals surface area contributed by atoms with Crippen LogP contribution in [0.25, 0.3) is 11.3 Å². The molecule has 2 saturated heterocycles. The number of anilines is 1. The van der Waals surface area contributed by atoms with Gasteiger partial charge in [-0.25, -0.2) is 9.71 Å². The van der Waals surface area contributed by atoms with Gasteiger partial charge in [0.15, 0.2) is 0 Å². The van der Waals surface area contributed by atoms with Crippen molar-refractivity contribution in [1.29, 1.82) is 0 Å². The van der Waals surface area contributed by atoms with Crippen LogP contribution in [0.5, 0.6) is 5.75 Å². The molecule has 2 fully saturated rings. The minimum absolute atomic E-state index is 0.0787. The molecule has 2 aromatic rings. The van der Waals surface area contributed by atoms with E-state index in [1.165, 1.54) is 36.4 Å². The van der Waals surface area contributed by atoms with E-state index >= 15 is 0 Å². The average molecular weight is 542 g/mol. The molecule has 4 rings (SSSR count). The SMILES string of the molecule is C[C@@H]1CN(c2nc(-c3ccc(OC(F)(F)F)cc3)ccc2C(=O)NS(=O)(=O)N2CC[C@H](N)C2)C(C)(C)C1. The Morgan fingerprint density at radius 3 is 2.38 bits per heavy atom. The third kappa shape index (κ3) is 6.16. The topological polar surface area (TPSA) is 118 Å². The van der Waals surface area contributed by atoms with E-state index < -0.39 is 22.5 Å². The van der Waals surface area contributed by atoms with Gasteiger partial charge in [0.25, 0.3) is 5.91 Å². The second kappa shape index (κ2) is 9.76. The number of pyridine rings is 1. The summed E-state index contributed by atoms with van der Waals surface area (Å²) in [6.45, 7) is 7.04. The molecule has 202 valence electrons. The Morgan fingerprint density at radius 2 is 1.84 bits per heavy atom. The predicted molar refractivity (Wildman–Crippen MR) is 132 cm³/mol. The molecule has 0 radical (unpaired) electrons. The minimum Gasteiger partial charge on any atom is -0.406 e. The first kappa shape index (κ1) is 27.1. The molecular weight excluding hydrogens is 511 g/mol. The zero-order chi connectivity index (χ0) is 27.2. The fourth-order valence-corrected chi connectivity index (χ4v) is 6.19. The van der Waals surface area contributed by atoms with Crippen molar-refractivity contribution in [3.05, 3.63) is 42.0 Å². The van der Waals surface area contributed by atoms with E-state index in [1.54, 1.807) is 0 Å². The van der Waals surface area contributed by atoms with Gasteiger partial charge in [0, 0.05) is 36.8 Å². The van der Waals surface area contributed by atoms with E-state index in [2.05, 4.69) is 16.4 Å². The quantitative estimate of drug-likeness (QED) is 0.576. The van der Waals surface area contributed by atoms with Crippen molar-refractivity contribution in [3.63, 3.8) is 0 Å². The highest BCUT2D eigenvalue weighted by molar-refractivity contribution is 7.87. The van der Waals surface area contributed by atoms with Crippen molar-refractivity contribution in [2.45, 2.75) is 51.6 Å². The predicted octanol–water partition coefficient (Wildman–Crippen LogP) is 3.28. The molecule has 13 heteroatoms. The number of ether oxygens (including phenoxy) is 1. The van der Waals surface area contributed by atoms with Gasteiger partial charge in [0.05, 0.1) is 11.3 Å². The van der Waals surface area contributed by atoms with Crippen LogP contribution in [0.1, 0.15) is 44.0 Å². The zero-order valence-electron chi connectivity index (χ0n) is 20.7. The van der Waals surface area contributed by atoms with E-state index in [0.717, 1.165) is 10.7 Å². The molecule has 1 amide bonds. The molecule has 0 aliphatic carbocycles. The third-order valence-electron chi connectivity index (χ3n) is 6.58. The van der Waals surface area contributed by atoms with Gasteiger partial charge in [0.2, 0.25) is 0 Å². The number of carbonyl (C=O) groups is 1. The van der Waals surface area contributed by atoms with Crippen LogP contribution in [0.2, 0.25) is 0 Å². The lowest BCUT2D eigenvalue weighted by Gasteiger charge is -2.34. The molecule has 37 heavy (non-hydrogen) atoms. The van der Waals surface area contributed by atoms with Crippen LogP contribution in [0.3, 0.4) is 0 Å². The normalized spacial score (nSPS) is 22.3. The van der Waals surface area contributed by atoms with Crippen LogP contribution >= 0.6 is 0 Å². The molecule has 2 aliphatic heterocycles. The Balaban J connectivity index is 1.69. The number of nitrogens with two attached hydrogens (primary N) is 1. The zero-order valence-corrected chi connectivity index (χ0v) is 21.6. The van der Waals surface area contributed by atoms with Crippen LogP contribution in [-0.4, -0.2) is 61.2 Å². The molecule has 1 aromatic carbocycles. The Hall–Kier alpha value is -2.90. The highest BCUT2D eigenvalue weighted by Crippen LogP contribution is 2.38. The first-order valence-corrected chi connectivity index (χ1v) is 13.3. The summed E-state index contributed by atoms with van der Waals surface area (Å²) in [5.74, 6) is -0.592. The number of carbonyl (C=O) groups excluding carboxylic acids is 1.